The van der Waals surface area contributed by atoms with Crippen LogP contribution >= 0.6 is 0 Å². The molecule has 0 bridgehead atoms. The Morgan fingerprint density at radius 3 is 2.35 bits per heavy atom. The van der Waals surface area contributed by atoms with E-state index < -0.39 is 0 Å². The summed E-state index contributed by atoms with van der Waals surface area (Å²) in [6, 6.07) is 9.71. The predicted octanol–water partition coefficient (Wildman–Crippen LogP) is 3.36. The molecule has 1 atom stereocenters. The summed E-state index contributed by atoms with van der Waals surface area (Å²) < 4.78 is 0. The lowest BCUT2D eigenvalue weighted by molar-refractivity contribution is -0.119. The number of carbonyl (C=O) groups is 2. The number of hydrogen-bond donors (Lipinski definition) is 1. The molecular formula is C20H21NO2. The summed E-state index contributed by atoms with van der Waals surface area (Å²) in [6.07, 6.45) is 1.43. The molecule has 3 rings (SSSR count). The normalized spacial score (nSPS) is 16.2. The van der Waals surface area contributed by atoms with Crippen molar-refractivity contribution in [2.75, 3.05) is 0 Å². The van der Waals surface area contributed by atoms with Gasteiger partial charge in [-0.05, 0) is 55.9 Å². The molecule has 23 heavy (non-hydrogen) atoms. The van der Waals surface area contributed by atoms with Crippen molar-refractivity contribution in [3.05, 3.63) is 69.3 Å². The van der Waals surface area contributed by atoms with Crippen LogP contribution in [0.1, 0.15) is 56.1 Å². The number of fused-ring (bicyclic) bond motifs is 1. The van der Waals surface area contributed by atoms with Crippen LogP contribution in [0.15, 0.2) is 30.3 Å². The van der Waals surface area contributed by atoms with E-state index in [2.05, 4.69) is 0 Å². The summed E-state index contributed by atoms with van der Waals surface area (Å²) >= 11 is 0. The van der Waals surface area contributed by atoms with Crippen molar-refractivity contribution in [2.45, 2.75) is 39.5 Å². The summed E-state index contributed by atoms with van der Waals surface area (Å²) in [5.41, 5.74) is 12.0. The summed E-state index contributed by atoms with van der Waals surface area (Å²) in [6.45, 7) is 5.98. The van der Waals surface area contributed by atoms with E-state index >= 15 is 0 Å². The van der Waals surface area contributed by atoms with E-state index in [4.69, 9.17) is 5.73 Å². The zero-order valence-electron chi connectivity index (χ0n) is 13.8. The van der Waals surface area contributed by atoms with E-state index in [0.29, 0.717) is 12.0 Å². The van der Waals surface area contributed by atoms with Crippen molar-refractivity contribution < 1.29 is 9.59 Å². The van der Waals surface area contributed by atoms with Crippen LogP contribution in [0.4, 0.5) is 0 Å². The molecule has 0 heterocycles. The first-order valence-corrected chi connectivity index (χ1v) is 7.93. The van der Waals surface area contributed by atoms with Gasteiger partial charge in [0, 0.05) is 11.1 Å². The minimum Gasteiger partial charge on any atom is -0.369 e. The van der Waals surface area contributed by atoms with Gasteiger partial charge in [-0.1, -0.05) is 35.9 Å². The molecule has 2 aromatic carbocycles. The molecule has 3 heteroatoms. The lowest BCUT2D eigenvalue weighted by Gasteiger charge is -2.14. The molecule has 0 aliphatic heterocycles. The largest absolute Gasteiger partial charge is 0.369 e. The molecule has 0 saturated heterocycles. The van der Waals surface area contributed by atoms with Gasteiger partial charge in [0.1, 0.15) is 0 Å². The Kier molecular flexibility index (Phi) is 3.80. The average Bonchev–Trinajstić information content (AvgIpc) is 2.89. The first-order valence-electron chi connectivity index (χ1n) is 7.93. The molecule has 0 fully saturated rings. The van der Waals surface area contributed by atoms with Gasteiger partial charge in [0.15, 0.2) is 5.78 Å². The second kappa shape index (κ2) is 5.65. The monoisotopic (exact) mass is 307 g/mol. The maximum Gasteiger partial charge on any atom is 0.224 e. The maximum absolute atomic E-state index is 13.1. The predicted molar refractivity (Wildman–Crippen MR) is 90.8 cm³/mol. The number of aryl methyl sites for hydroxylation is 3. The summed E-state index contributed by atoms with van der Waals surface area (Å²) in [5.74, 6) is -0.532. The molecule has 0 saturated carbocycles. The van der Waals surface area contributed by atoms with Crippen molar-refractivity contribution in [1.29, 1.82) is 0 Å². The number of carbonyl (C=O) groups excluding carboxylic acids is 2. The molecule has 2 aromatic rings. The number of hydrogen-bond acceptors (Lipinski definition) is 2. The van der Waals surface area contributed by atoms with Crippen molar-refractivity contribution in [3.8, 4) is 0 Å². The molecule has 0 aromatic heterocycles. The van der Waals surface area contributed by atoms with Gasteiger partial charge in [0.2, 0.25) is 5.91 Å². The number of rotatable bonds is 3. The van der Waals surface area contributed by atoms with E-state index in [1.807, 2.05) is 51.1 Å². The van der Waals surface area contributed by atoms with Crippen LogP contribution in [0, 0.1) is 20.8 Å². The smallest absolute Gasteiger partial charge is 0.224 e. The molecule has 0 radical (unpaired) electrons. The Hall–Kier alpha value is -2.42. The fourth-order valence-corrected chi connectivity index (χ4v) is 3.84. The summed E-state index contributed by atoms with van der Waals surface area (Å²) in [4.78, 5) is 24.7. The highest BCUT2D eigenvalue weighted by Gasteiger charge is 2.30. The summed E-state index contributed by atoms with van der Waals surface area (Å²) in [5, 5.41) is 0. The Morgan fingerprint density at radius 2 is 1.74 bits per heavy atom. The first-order chi connectivity index (χ1) is 10.9. The number of nitrogens with two attached hydrogens (primary N) is 1. The van der Waals surface area contributed by atoms with Crippen LogP contribution in [0.3, 0.4) is 0 Å². The third-order valence-electron chi connectivity index (χ3n) is 4.76. The summed E-state index contributed by atoms with van der Waals surface area (Å²) in [7, 11) is 0. The molecule has 0 spiro atoms. The second-order valence-corrected chi connectivity index (χ2v) is 6.47. The van der Waals surface area contributed by atoms with Crippen LogP contribution in [0.5, 0.6) is 0 Å². The topological polar surface area (TPSA) is 60.2 Å². The van der Waals surface area contributed by atoms with Crippen molar-refractivity contribution in [2.24, 2.45) is 5.73 Å². The molecule has 118 valence electrons. The van der Waals surface area contributed by atoms with Crippen LogP contribution in [-0.4, -0.2) is 11.7 Å². The quantitative estimate of drug-likeness (QED) is 0.884. The highest BCUT2D eigenvalue weighted by atomic mass is 16.1. The van der Waals surface area contributed by atoms with Gasteiger partial charge in [0.05, 0.1) is 5.92 Å². The lowest BCUT2D eigenvalue weighted by Crippen LogP contribution is -2.19. The number of ketones is 1. The number of amides is 1. The van der Waals surface area contributed by atoms with Crippen LogP contribution in [0.2, 0.25) is 0 Å². The Morgan fingerprint density at radius 1 is 1.09 bits per heavy atom. The minimum atomic E-state index is -0.309. The fraction of sp³-hybridized carbons (Fsp3) is 0.300. The van der Waals surface area contributed by atoms with Crippen LogP contribution in [-0.2, 0) is 11.2 Å². The zero-order chi connectivity index (χ0) is 16.7. The number of benzene rings is 2. The van der Waals surface area contributed by atoms with Gasteiger partial charge >= 0.3 is 0 Å². The van der Waals surface area contributed by atoms with E-state index in [0.717, 1.165) is 39.8 Å². The van der Waals surface area contributed by atoms with Gasteiger partial charge in [0.25, 0.3) is 0 Å². The maximum atomic E-state index is 13.1. The Labute approximate surface area is 136 Å². The standard InChI is InChI=1S/C20H21NO2/c1-11-9-12(2)18(13(3)10-11)19(22)16-6-4-5-14-15(16)7-8-17(14)20(21)23/h4-6,9-10,17H,7-8H2,1-3H3,(H2,21,23). The Balaban J connectivity index is 2.11. The van der Waals surface area contributed by atoms with E-state index in [1.54, 1.807) is 0 Å². The van der Waals surface area contributed by atoms with Gasteiger partial charge in [-0.3, -0.25) is 9.59 Å². The zero-order valence-corrected chi connectivity index (χ0v) is 13.8. The van der Waals surface area contributed by atoms with Crippen LogP contribution < -0.4 is 5.73 Å². The molecule has 2 N–H and O–H groups in total. The van der Waals surface area contributed by atoms with E-state index in [1.165, 1.54) is 0 Å². The van der Waals surface area contributed by atoms with Crippen molar-refractivity contribution in [3.63, 3.8) is 0 Å². The first kappa shape index (κ1) is 15.5. The van der Waals surface area contributed by atoms with Gasteiger partial charge in [-0.25, -0.2) is 0 Å². The Bertz CT molecular complexity index is 797. The molecule has 1 amide bonds. The average molecular weight is 307 g/mol. The minimum absolute atomic E-state index is 0.0435. The highest BCUT2D eigenvalue weighted by Crippen LogP contribution is 2.36. The molecular weight excluding hydrogens is 286 g/mol. The molecule has 1 aliphatic rings. The lowest BCUT2D eigenvalue weighted by atomic mass is 9.89. The molecule has 1 unspecified atom stereocenters. The van der Waals surface area contributed by atoms with Crippen molar-refractivity contribution >= 4 is 11.7 Å². The fourth-order valence-electron chi connectivity index (χ4n) is 3.84. The third-order valence-corrected chi connectivity index (χ3v) is 4.76. The molecule has 1 aliphatic carbocycles. The van der Waals surface area contributed by atoms with Gasteiger partial charge < -0.3 is 5.73 Å². The second-order valence-electron chi connectivity index (χ2n) is 6.47. The van der Waals surface area contributed by atoms with E-state index in [9.17, 15) is 9.59 Å². The van der Waals surface area contributed by atoms with Crippen LogP contribution in [0.25, 0.3) is 0 Å². The van der Waals surface area contributed by atoms with Gasteiger partial charge in [-0.2, -0.15) is 0 Å². The SMILES string of the molecule is Cc1cc(C)c(C(=O)c2cccc3c2CCC3C(N)=O)c(C)c1. The van der Waals surface area contributed by atoms with Crippen molar-refractivity contribution in [1.82, 2.24) is 0 Å². The highest BCUT2D eigenvalue weighted by molar-refractivity contribution is 6.12. The molecule has 3 nitrogen and oxygen atoms in total. The van der Waals surface area contributed by atoms with Gasteiger partial charge in [-0.15, -0.1) is 0 Å². The third kappa shape index (κ3) is 2.56. The van der Waals surface area contributed by atoms with E-state index in [-0.39, 0.29) is 17.6 Å². The number of primary amides is 1.